The van der Waals surface area contributed by atoms with Crippen LogP contribution in [0.3, 0.4) is 0 Å². The minimum Gasteiger partial charge on any atom is -0.398 e. The molecule has 0 aromatic heterocycles. The maximum atomic E-state index is 5.76. The second kappa shape index (κ2) is 3.99. The Morgan fingerprint density at radius 2 is 2.23 bits per heavy atom. The predicted octanol–water partition coefficient (Wildman–Crippen LogP) is 2.57. The lowest BCUT2D eigenvalue weighted by Gasteiger charge is -2.10. The number of rotatable bonds is 3. The van der Waals surface area contributed by atoms with E-state index in [4.69, 9.17) is 5.73 Å². The number of anilines is 2. The first-order valence-electron chi connectivity index (χ1n) is 4.34. The van der Waals surface area contributed by atoms with Gasteiger partial charge in [-0.2, -0.15) is 0 Å². The Morgan fingerprint density at radius 3 is 2.85 bits per heavy atom. The Morgan fingerprint density at radius 1 is 1.54 bits per heavy atom. The molecule has 0 unspecified atom stereocenters. The molecule has 0 bridgehead atoms. The second-order valence-corrected chi connectivity index (χ2v) is 3.33. The molecule has 0 heterocycles. The fourth-order valence-electron chi connectivity index (χ4n) is 1.09. The molecule has 0 atom stereocenters. The van der Waals surface area contributed by atoms with Crippen LogP contribution in [0.2, 0.25) is 0 Å². The number of hydrogen-bond acceptors (Lipinski definition) is 2. The Labute approximate surface area is 79.5 Å². The van der Waals surface area contributed by atoms with E-state index in [-0.39, 0.29) is 0 Å². The molecule has 0 radical (unpaired) electrons. The molecule has 0 aliphatic carbocycles. The molecule has 0 aliphatic heterocycles. The molecule has 2 heteroatoms. The van der Waals surface area contributed by atoms with Crippen molar-refractivity contribution in [1.82, 2.24) is 0 Å². The summed E-state index contributed by atoms with van der Waals surface area (Å²) in [4.78, 5) is 0. The van der Waals surface area contributed by atoms with Gasteiger partial charge in [0.2, 0.25) is 0 Å². The van der Waals surface area contributed by atoms with Gasteiger partial charge in [-0.1, -0.05) is 18.2 Å². The predicted molar refractivity (Wildman–Crippen MR) is 58.9 cm³/mol. The fraction of sp³-hybridized carbons (Fsp3) is 0.273. The molecule has 13 heavy (non-hydrogen) atoms. The standard InChI is InChI=1S/C11H16N2/c1-8(2)7-13-11-6-4-5-10(12)9(11)3/h4-6,13H,1,7,12H2,2-3H3. The van der Waals surface area contributed by atoms with E-state index in [1.165, 1.54) is 0 Å². The Kier molecular flexibility index (Phi) is 2.96. The third-order valence-electron chi connectivity index (χ3n) is 1.96. The van der Waals surface area contributed by atoms with Crippen LogP contribution in [0.25, 0.3) is 0 Å². The summed E-state index contributed by atoms with van der Waals surface area (Å²) in [5.74, 6) is 0. The van der Waals surface area contributed by atoms with E-state index in [0.717, 1.165) is 29.1 Å². The van der Waals surface area contributed by atoms with Gasteiger partial charge >= 0.3 is 0 Å². The first kappa shape index (κ1) is 9.65. The van der Waals surface area contributed by atoms with E-state index in [9.17, 15) is 0 Å². The van der Waals surface area contributed by atoms with Crippen LogP contribution in [0, 0.1) is 6.92 Å². The summed E-state index contributed by atoms with van der Waals surface area (Å²) in [5, 5.41) is 3.27. The summed E-state index contributed by atoms with van der Waals surface area (Å²) >= 11 is 0. The summed E-state index contributed by atoms with van der Waals surface area (Å²) < 4.78 is 0. The highest BCUT2D eigenvalue weighted by molar-refractivity contribution is 5.62. The Balaban J connectivity index is 2.77. The van der Waals surface area contributed by atoms with Crippen LogP contribution in [0.4, 0.5) is 11.4 Å². The van der Waals surface area contributed by atoms with Gasteiger partial charge < -0.3 is 11.1 Å². The van der Waals surface area contributed by atoms with Crippen LogP contribution < -0.4 is 11.1 Å². The number of nitrogens with one attached hydrogen (secondary N) is 1. The fourth-order valence-corrected chi connectivity index (χ4v) is 1.09. The lowest BCUT2D eigenvalue weighted by Crippen LogP contribution is -2.04. The van der Waals surface area contributed by atoms with E-state index >= 15 is 0 Å². The van der Waals surface area contributed by atoms with Crippen LogP contribution in [-0.2, 0) is 0 Å². The van der Waals surface area contributed by atoms with Gasteiger partial charge in [0.25, 0.3) is 0 Å². The highest BCUT2D eigenvalue weighted by atomic mass is 14.9. The molecule has 0 saturated heterocycles. The molecule has 2 nitrogen and oxygen atoms in total. The molecule has 0 amide bonds. The van der Waals surface area contributed by atoms with Gasteiger partial charge in [0.05, 0.1) is 0 Å². The lowest BCUT2D eigenvalue weighted by molar-refractivity contribution is 1.21. The monoisotopic (exact) mass is 176 g/mol. The number of benzene rings is 1. The first-order chi connectivity index (χ1) is 6.11. The van der Waals surface area contributed by atoms with E-state index in [1.807, 2.05) is 32.0 Å². The second-order valence-electron chi connectivity index (χ2n) is 3.33. The molecule has 70 valence electrons. The van der Waals surface area contributed by atoms with E-state index in [2.05, 4.69) is 11.9 Å². The van der Waals surface area contributed by atoms with Crippen molar-refractivity contribution in [3.63, 3.8) is 0 Å². The Hall–Kier alpha value is -1.44. The maximum Gasteiger partial charge on any atom is 0.0393 e. The average Bonchev–Trinajstić information content (AvgIpc) is 2.07. The van der Waals surface area contributed by atoms with Crippen molar-refractivity contribution >= 4 is 11.4 Å². The highest BCUT2D eigenvalue weighted by Gasteiger charge is 1.99. The third-order valence-corrected chi connectivity index (χ3v) is 1.96. The summed E-state index contributed by atoms with van der Waals surface area (Å²) in [5.41, 5.74) is 9.89. The highest BCUT2D eigenvalue weighted by Crippen LogP contribution is 2.20. The minimum absolute atomic E-state index is 0.796. The van der Waals surface area contributed by atoms with Crippen LogP contribution in [0.5, 0.6) is 0 Å². The van der Waals surface area contributed by atoms with Gasteiger partial charge in [-0.15, -0.1) is 0 Å². The Bertz CT molecular complexity index is 316. The largest absolute Gasteiger partial charge is 0.398 e. The topological polar surface area (TPSA) is 38.0 Å². The van der Waals surface area contributed by atoms with Crippen molar-refractivity contribution in [2.45, 2.75) is 13.8 Å². The first-order valence-corrected chi connectivity index (χ1v) is 4.34. The smallest absolute Gasteiger partial charge is 0.0393 e. The van der Waals surface area contributed by atoms with Crippen molar-refractivity contribution in [2.24, 2.45) is 0 Å². The van der Waals surface area contributed by atoms with Gasteiger partial charge in [0.15, 0.2) is 0 Å². The van der Waals surface area contributed by atoms with E-state index in [0.29, 0.717) is 0 Å². The summed E-state index contributed by atoms with van der Waals surface area (Å²) in [6, 6.07) is 5.87. The SMILES string of the molecule is C=C(C)CNc1cccc(N)c1C. The molecule has 1 rings (SSSR count). The molecule has 1 aromatic rings. The maximum absolute atomic E-state index is 5.76. The quantitative estimate of drug-likeness (QED) is 0.548. The zero-order valence-electron chi connectivity index (χ0n) is 8.22. The zero-order valence-corrected chi connectivity index (χ0v) is 8.22. The van der Waals surface area contributed by atoms with Gasteiger partial charge in [-0.25, -0.2) is 0 Å². The number of nitrogen functional groups attached to an aromatic ring is 1. The molecular weight excluding hydrogens is 160 g/mol. The molecular formula is C11H16N2. The van der Waals surface area contributed by atoms with Crippen molar-refractivity contribution in [3.05, 3.63) is 35.9 Å². The van der Waals surface area contributed by atoms with E-state index < -0.39 is 0 Å². The van der Waals surface area contributed by atoms with E-state index in [1.54, 1.807) is 0 Å². The van der Waals surface area contributed by atoms with Gasteiger partial charge in [-0.05, 0) is 31.5 Å². The van der Waals surface area contributed by atoms with Crippen molar-refractivity contribution in [2.75, 3.05) is 17.6 Å². The van der Waals surface area contributed by atoms with Crippen LogP contribution in [0.15, 0.2) is 30.4 Å². The van der Waals surface area contributed by atoms with Crippen LogP contribution >= 0.6 is 0 Å². The number of nitrogens with two attached hydrogens (primary N) is 1. The summed E-state index contributed by atoms with van der Waals surface area (Å²) in [7, 11) is 0. The van der Waals surface area contributed by atoms with Crippen LogP contribution in [0.1, 0.15) is 12.5 Å². The molecule has 1 aromatic carbocycles. The molecule has 3 N–H and O–H groups in total. The normalized spacial score (nSPS) is 9.69. The molecule has 0 spiro atoms. The molecule has 0 aliphatic rings. The number of hydrogen-bond donors (Lipinski definition) is 2. The average molecular weight is 176 g/mol. The molecule has 0 fully saturated rings. The third kappa shape index (κ3) is 2.51. The van der Waals surface area contributed by atoms with Gasteiger partial charge in [0, 0.05) is 17.9 Å². The van der Waals surface area contributed by atoms with Gasteiger partial charge in [-0.3, -0.25) is 0 Å². The summed E-state index contributed by atoms with van der Waals surface area (Å²) in [6.45, 7) is 8.63. The zero-order chi connectivity index (χ0) is 9.84. The van der Waals surface area contributed by atoms with Crippen molar-refractivity contribution < 1.29 is 0 Å². The van der Waals surface area contributed by atoms with Crippen molar-refractivity contribution in [1.29, 1.82) is 0 Å². The summed E-state index contributed by atoms with van der Waals surface area (Å²) in [6.07, 6.45) is 0. The van der Waals surface area contributed by atoms with Crippen molar-refractivity contribution in [3.8, 4) is 0 Å². The van der Waals surface area contributed by atoms with Crippen LogP contribution in [-0.4, -0.2) is 6.54 Å². The minimum atomic E-state index is 0.796. The van der Waals surface area contributed by atoms with Gasteiger partial charge in [0.1, 0.15) is 0 Å². The molecule has 0 saturated carbocycles. The lowest BCUT2D eigenvalue weighted by atomic mass is 10.1.